The number of Topliss-reactive ketones (excluding diaryl/α,β-unsaturated/α-hetero) is 1. The number of benzene rings is 1. The number of hydrogen-bond donors (Lipinski definition) is 2. The number of phenolic OH excluding ortho intramolecular Hbond substituents is 1. The lowest BCUT2D eigenvalue weighted by Crippen LogP contribution is -1.95. The van der Waals surface area contributed by atoms with Gasteiger partial charge in [0.25, 0.3) is 0 Å². The highest BCUT2D eigenvalue weighted by Crippen LogP contribution is 2.30. The maximum absolute atomic E-state index is 11.0. The van der Waals surface area contributed by atoms with Gasteiger partial charge < -0.3 is 10.8 Å². The number of phenols is 1. The van der Waals surface area contributed by atoms with Gasteiger partial charge in [-0.05, 0) is 19.1 Å². The minimum absolute atomic E-state index is 0.0544. The first-order chi connectivity index (χ1) is 6.06. The summed E-state index contributed by atoms with van der Waals surface area (Å²) in [6.07, 6.45) is 0. The summed E-state index contributed by atoms with van der Waals surface area (Å²) in [6, 6.07) is 2.65. The molecule has 0 aromatic heterocycles. The molecule has 0 heterocycles. The van der Waals surface area contributed by atoms with Gasteiger partial charge >= 0.3 is 0 Å². The number of ketones is 1. The van der Waals surface area contributed by atoms with Gasteiger partial charge in [0, 0.05) is 0 Å². The van der Waals surface area contributed by atoms with Crippen molar-refractivity contribution in [3.63, 3.8) is 0 Å². The summed E-state index contributed by atoms with van der Waals surface area (Å²) in [5.41, 5.74) is 5.78. The zero-order valence-electron chi connectivity index (χ0n) is 7.03. The first kappa shape index (κ1) is 9.07. The third-order valence-electron chi connectivity index (χ3n) is 1.63. The van der Waals surface area contributed by atoms with E-state index in [1.54, 1.807) is 0 Å². The van der Waals surface area contributed by atoms with Crippen molar-refractivity contribution in [3.8, 4) is 5.75 Å². The lowest BCUT2D eigenvalue weighted by atomic mass is 10.1. The van der Waals surface area contributed by atoms with E-state index < -0.39 is 0 Å². The largest absolute Gasteiger partial charge is 0.505 e. The van der Waals surface area contributed by atoms with E-state index in [-0.39, 0.29) is 28.5 Å². The van der Waals surface area contributed by atoms with Crippen LogP contribution in [0.25, 0.3) is 4.85 Å². The summed E-state index contributed by atoms with van der Waals surface area (Å²) in [5.74, 6) is -0.561. The third kappa shape index (κ3) is 1.59. The third-order valence-corrected chi connectivity index (χ3v) is 1.63. The fourth-order valence-corrected chi connectivity index (χ4v) is 0.974. The zero-order valence-corrected chi connectivity index (χ0v) is 7.03. The summed E-state index contributed by atoms with van der Waals surface area (Å²) in [7, 11) is 0. The number of rotatable bonds is 1. The molecule has 0 unspecified atom stereocenters. The quantitative estimate of drug-likeness (QED) is 0.296. The normalized spacial score (nSPS) is 9.23. The Hall–Kier alpha value is -2.02. The lowest BCUT2D eigenvalue weighted by molar-refractivity contribution is 0.101. The Morgan fingerprint density at radius 1 is 1.62 bits per heavy atom. The van der Waals surface area contributed by atoms with E-state index in [1.807, 2.05) is 0 Å². The van der Waals surface area contributed by atoms with Crippen LogP contribution >= 0.6 is 0 Å². The van der Waals surface area contributed by atoms with E-state index in [1.165, 1.54) is 19.1 Å². The highest BCUT2D eigenvalue weighted by atomic mass is 16.3. The van der Waals surface area contributed by atoms with Crippen LogP contribution in [0, 0.1) is 6.57 Å². The Balaban J connectivity index is 3.44. The van der Waals surface area contributed by atoms with Crippen LogP contribution in [0.4, 0.5) is 11.4 Å². The van der Waals surface area contributed by atoms with Crippen LogP contribution in [-0.4, -0.2) is 10.9 Å². The lowest BCUT2D eigenvalue weighted by Gasteiger charge is -2.04. The molecule has 0 saturated carbocycles. The summed E-state index contributed by atoms with van der Waals surface area (Å²) in [5, 5.41) is 9.34. The molecule has 1 aromatic carbocycles. The number of carbonyl (C=O) groups is 1. The minimum atomic E-state index is -0.310. The molecular weight excluding hydrogens is 168 g/mol. The van der Waals surface area contributed by atoms with Gasteiger partial charge in [-0.3, -0.25) is 4.79 Å². The standard InChI is InChI=1S/C9H8N2O2/c1-5(12)7-3-6(11-2)4-8(10)9(7)13/h3-4,13H,10H2,1H3. The summed E-state index contributed by atoms with van der Waals surface area (Å²) < 4.78 is 0. The van der Waals surface area contributed by atoms with Crippen LogP contribution in [0.5, 0.6) is 5.75 Å². The molecular formula is C9H8N2O2. The maximum Gasteiger partial charge on any atom is 0.190 e. The number of carbonyl (C=O) groups excluding carboxylic acids is 1. The van der Waals surface area contributed by atoms with Crippen LogP contribution < -0.4 is 5.73 Å². The average Bonchev–Trinajstić information content (AvgIpc) is 2.09. The summed E-state index contributed by atoms with van der Waals surface area (Å²) in [4.78, 5) is 14.1. The SMILES string of the molecule is [C-]#[N+]c1cc(N)c(O)c(C(C)=O)c1. The van der Waals surface area contributed by atoms with E-state index in [0.29, 0.717) is 0 Å². The molecule has 0 aliphatic rings. The van der Waals surface area contributed by atoms with Crippen molar-refractivity contribution in [1.29, 1.82) is 0 Å². The molecule has 66 valence electrons. The van der Waals surface area contributed by atoms with Crippen molar-refractivity contribution in [3.05, 3.63) is 29.1 Å². The second kappa shape index (κ2) is 3.15. The van der Waals surface area contributed by atoms with E-state index in [4.69, 9.17) is 12.3 Å². The summed E-state index contributed by atoms with van der Waals surface area (Å²) >= 11 is 0. The molecule has 0 amide bonds. The van der Waals surface area contributed by atoms with Gasteiger partial charge in [0.15, 0.2) is 11.5 Å². The number of nitrogens with zero attached hydrogens (tertiary/aromatic N) is 1. The van der Waals surface area contributed by atoms with Crippen molar-refractivity contribution in [2.75, 3.05) is 5.73 Å². The molecule has 0 bridgehead atoms. The highest BCUT2D eigenvalue weighted by Gasteiger charge is 2.10. The number of nitrogen functional groups attached to an aromatic ring is 1. The molecule has 0 spiro atoms. The number of aromatic hydroxyl groups is 1. The molecule has 13 heavy (non-hydrogen) atoms. The highest BCUT2D eigenvalue weighted by molar-refractivity contribution is 5.99. The second-order valence-corrected chi connectivity index (χ2v) is 2.60. The van der Waals surface area contributed by atoms with Crippen LogP contribution in [0.2, 0.25) is 0 Å². The fraction of sp³-hybridized carbons (Fsp3) is 0.111. The van der Waals surface area contributed by atoms with Crippen molar-refractivity contribution in [1.82, 2.24) is 0 Å². The number of hydrogen-bond acceptors (Lipinski definition) is 3. The van der Waals surface area contributed by atoms with Gasteiger partial charge in [0.2, 0.25) is 0 Å². The Morgan fingerprint density at radius 3 is 2.69 bits per heavy atom. The van der Waals surface area contributed by atoms with Gasteiger partial charge in [0.1, 0.15) is 5.75 Å². The number of nitrogens with two attached hydrogens (primary N) is 1. The predicted molar refractivity (Wildman–Crippen MR) is 48.8 cm³/mol. The molecule has 0 atom stereocenters. The molecule has 4 nitrogen and oxygen atoms in total. The molecule has 0 radical (unpaired) electrons. The summed E-state index contributed by atoms with van der Waals surface area (Å²) in [6.45, 7) is 8.03. The predicted octanol–water partition coefficient (Wildman–Crippen LogP) is 1.73. The van der Waals surface area contributed by atoms with Gasteiger partial charge in [0.05, 0.1) is 17.8 Å². The molecule has 1 rings (SSSR count). The van der Waals surface area contributed by atoms with Gasteiger partial charge in [-0.2, -0.15) is 0 Å². The van der Waals surface area contributed by atoms with Crippen molar-refractivity contribution in [2.45, 2.75) is 6.92 Å². The van der Waals surface area contributed by atoms with Gasteiger partial charge in [-0.15, -0.1) is 0 Å². The molecule has 4 heteroatoms. The number of anilines is 1. The first-order valence-corrected chi connectivity index (χ1v) is 3.57. The molecule has 0 fully saturated rings. The molecule has 3 N–H and O–H groups in total. The van der Waals surface area contributed by atoms with Crippen LogP contribution in [-0.2, 0) is 0 Å². The molecule has 1 aromatic rings. The van der Waals surface area contributed by atoms with Crippen LogP contribution in [0.15, 0.2) is 12.1 Å². The van der Waals surface area contributed by atoms with Crippen molar-refractivity contribution >= 4 is 17.2 Å². The molecule has 0 aliphatic heterocycles. The van der Waals surface area contributed by atoms with Crippen LogP contribution in [0.3, 0.4) is 0 Å². The van der Waals surface area contributed by atoms with Gasteiger partial charge in [-0.1, -0.05) is 0 Å². The van der Waals surface area contributed by atoms with Crippen molar-refractivity contribution in [2.24, 2.45) is 0 Å². The van der Waals surface area contributed by atoms with Gasteiger partial charge in [-0.25, -0.2) is 4.85 Å². The Bertz CT molecular complexity index is 405. The smallest absolute Gasteiger partial charge is 0.190 e. The van der Waals surface area contributed by atoms with E-state index in [0.717, 1.165) is 0 Å². The minimum Gasteiger partial charge on any atom is -0.505 e. The maximum atomic E-state index is 11.0. The molecule has 0 aliphatic carbocycles. The topological polar surface area (TPSA) is 67.7 Å². The van der Waals surface area contributed by atoms with E-state index >= 15 is 0 Å². The first-order valence-electron chi connectivity index (χ1n) is 3.57. The second-order valence-electron chi connectivity index (χ2n) is 2.60. The fourth-order valence-electron chi connectivity index (χ4n) is 0.974. The Kier molecular flexibility index (Phi) is 2.20. The van der Waals surface area contributed by atoms with E-state index in [9.17, 15) is 9.90 Å². The van der Waals surface area contributed by atoms with Crippen LogP contribution in [0.1, 0.15) is 17.3 Å². The Morgan fingerprint density at radius 2 is 2.23 bits per heavy atom. The van der Waals surface area contributed by atoms with E-state index in [2.05, 4.69) is 4.85 Å². The van der Waals surface area contributed by atoms with Crippen molar-refractivity contribution < 1.29 is 9.90 Å². The molecule has 0 saturated heterocycles. The Labute approximate surface area is 75.4 Å². The average molecular weight is 176 g/mol. The monoisotopic (exact) mass is 176 g/mol. The zero-order chi connectivity index (χ0) is 10.0.